The van der Waals surface area contributed by atoms with Gasteiger partial charge in [0.05, 0.1) is 0 Å². The summed E-state index contributed by atoms with van der Waals surface area (Å²) in [5.41, 5.74) is -1.36. The van der Waals surface area contributed by atoms with Crippen LogP contribution in [0.15, 0.2) is 18.2 Å². The van der Waals surface area contributed by atoms with Crippen LogP contribution >= 0.6 is 0 Å². The Kier molecular flexibility index (Phi) is 3.97. The van der Waals surface area contributed by atoms with Gasteiger partial charge >= 0.3 is 0 Å². The van der Waals surface area contributed by atoms with Crippen LogP contribution < -0.4 is 5.32 Å². The summed E-state index contributed by atoms with van der Waals surface area (Å²) < 4.78 is 27.0. The lowest BCUT2D eigenvalue weighted by Gasteiger charge is -2.33. The van der Waals surface area contributed by atoms with Crippen LogP contribution in [0.1, 0.15) is 38.2 Å². The maximum Gasteiger partial charge on any atom is 0.164 e. The van der Waals surface area contributed by atoms with Gasteiger partial charge < -0.3 is 10.4 Å². The quantitative estimate of drug-likeness (QED) is 0.851. The smallest absolute Gasteiger partial charge is 0.164 e. The van der Waals surface area contributed by atoms with Crippen molar-refractivity contribution >= 4 is 0 Å². The summed E-state index contributed by atoms with van der Waals surface area (Å²) in [6.45, 7) is 2.35. The van der Waals surface area contributed by atoms with Crippen molar-refractivity contribution in [2.45, 2.75) is 44.2 Å². The van der Waals surface area contributed by atoms with Gasteiger partial charge in [-0.3, -0.25) is 0 Å². The molecular weight excluding hydrogens is 236 g/mol. The molecule has 0 radical (unpaired) electrons. The first kappa shape index (κ1) is 13.4. The third-order valence-corrected chi connectivity index (χ3v) is 3.74. The number of rotatable bonds is 2. The molecule has 4 heteroatoms. The van der Waals surface area contributed by atoms with Gasteiger partial charge in [0.15, 0.2) is 11.6 Å². The van der Waals surface area contributed by atoms with Gasteiger partial charge in [0.2, 0.25) is 0 Å². The Hall–Kier alpha value is -1.00. The predicted octanol–water partition coefficient (Wildman–Crippen LogP) is 2.70. The molecule has 2 atom stereocenters. The average molecular weight is 255 g/mol. The normalized spacial score (nSPS) is 24.3. The molecular formula is C14H19F2NO. The summed E-state index contributed by atoms with van der Waals surface area (Å²) in [5, 5.41) is 13.8. The standard InChI is InChI=1S/C14H19F2NO/c1-14(18,12-8-3-2-4-9-17-12)10-6-5-7-11(15)13(10)16/h5-7,12,17-18H,2-4,8-9H2,1H3. The molecule has 1 aliphatic rings. The molecule has 0 aliphatic carbocycles. The second-order valence-electron chi connectivity index (χ2n) is 5.10. The van der Waals surface area contributed by atoms with Crippen molar-refractivity contribution in [3.8, 4) is 0 Å². The Morgan fingerprint density at radius 3 is 2.83 bits per heavy atom. The molecule has 0 aromatic heterocycles. The minimum Gasteiger partial charge on any atom is -0.384 e. The van der Waals surface area contributed by atoms with E-state index in [1.807, 2.05) is 0 Å². The van der Waals surface area contributed by atoms with Gasteiger partial charge in [0, 0.05) is 11.6 Å². The monoisotopic (exact) mass is 255 g/mol. The highest BCUT2D eigenvalue weighted by atomic mass is 19.2. The van der Waals surface area contributed by atoms with Crippen LogP contribution in [0.5, 0.6) is 0 Å². The molecule has 18 heavy (non-hydrogen) atoms. The maximum absolute atomic E-state index is 13.8. The third kappa shape index (κ3) is 2.54. The van der Waals surface area contributed by atoms with Gasteiger partial charge in [-0.1, -0.05) is 25.0 Å². The van der Waals surface area contributed by atoms with Gasteiger partial charge in [0.25, 0.3) is 0 Å². The molecule has 2 nitrogen and oxygen atoms in total. The van der Waals surface area contributed by atoms with E-state index in [0.717, 1.165) is 38.3 Å². The molecule has 1 fully saturated rings. The summed E-state index contributed by atoms with van der Waals surface area (Å²) in [7, 11) is 0. The van der Waals surface area contributed by atoms with Crippen LogP contribution in [0.2, 0.25) is 0 Å². The first-order chi connectivity index (χ1) is 8.53. The minimum absolute atomic E-state index is 0.0295. The van der Waals surface area contributed by atoms with Crippen molar-refractivity contribution in [1.82, 2.24) is 5.32 Å². The Balaban J connectivity index is 2.31. The Bertz CT molecular complexity index is 412. The molecule has 2 unspecified atom stereocenters. The van der Waals surface area contributed by atoms with E-state index in [0.29, 0.717) is 0 Å². The summed E-state index contributed by atoms with van der Waals surface area (Å²) in [4.78, 5) is 0. The second kappa shape index (κ2) is 5.33. The van der Waals surface area contributed by atoms with E-state index in [2.05, 4.69) is 5.32 Å². The van der Waals surface area contributed by atoms with Crippen LogP contribution in [0.4, 0.5) is 8.78 Å². The third-order valence-electron chi connectivity index (χ3n) is 3.74. The highest BCUT2D eigenvalue weighted by Crippen LogP contribution is 2.31. The van der Waals surface area contributed by atoms with E-state index in [-0.39, 0.29) is 11.6 Å². The summed E-state index contributed by atoms with van der Waals surface area (Å²) in [6.07, 6.45) is 3.91. The van der Waals surface area contributed by atoms with Gasteiger partial charge in [0.1, 0.15) is 5.60 Å². The molecule has 1 aromatic rings. The Morgan fingerprint density at radius 1 is 1.28 bits per heavy atom. The van der Waals surface area contributed by atoms with Gasteiger partial charge in [-0.15, -0.1) is 0 Å². The predicted molar refractivity (Wildman–Crippen MR) is 66.2 cm³/mol. The van der Waals surface area contributed by atoms with Crippen LogP contribution in [-0.2, 0) is 5.60 Å². The Labute approximate surface area is 106 Å². The van der Waals surface area contributed by atoms with Crippen LogP contribution in [-0.4, -0.2) is 17.7 Å². The van der Waals surface area contributed by atoms with Crippen LogP contribution in [0.3, 0.4) is 0 Å². The SMILES string of the molecule is CC(O)(c1cccc(F)c1F)C1CCCCCN1. The molecule has 1 saturated heterocycles. The molecule has 1 aromatic carbocycles. The fourth-order valence-corrected chi connectivity index (χ4v) is 2.59. The fraction of sp³-hybridized carbons (Fsp3) is 0.571. The summed E-state index contributed by atoms with van der Waals surface area (Å²) in [5.74, 6) is -1.87. The van der Waals surface area contributed by atoms with Gasteiger partial charge in [-0.25, -0.2) is 8.78 Å². The van der Waals surface area contributed by atoms with Gasteiger partial charge in [-0.05, 0) is 32.4 Å². The zero-order valence-corrected chi connectivity index (χ0v) is 10.5. The van der Waals surface area contributed by atoms with E-state index in [4.69, 9.17) is 0 Å². The van der Waals surface area contributed by atoms with E-state index in [9.17, 15) is 13.9 Å². The zero-order chi connectivity index (χ0) is 13.2. The van der Waals surface area contributed by atoms with E-state index < -0.39 is 17.2 Å². The number of halogens is 2. The topological polar surface area (TPSA) is 32.3 Å². The molecule has 100 valence electrons. The molecule has 1 aliphatic heterocycles. The molecule has 0 spiro atoms. The fourth-order valence-electron chi connectivity index (χ4n) is 2.59. The number of hydrogen-bond acceptors (Lipinski definition) is 2. The highest BCUT2D eigenvalue weighted by molar-refractivity contribution is 5.26. The number of hydrogen-bond donors (Lipinski definition) is 2. The first-order valence-electron chi connectivity index (χ1n) is 6.43. The summed E-state index contributed by atoms with van der Waals surface area (Å²) >= 11 is 0. The van der Waals surface area contributed by atoms with E-state index in [1.165, 1.54) is 12.1 Å². The van der Waals surface area contributed by atoms with Crippen molar-refractivity contribution < 1.29 is 13.9 Å². The molecule has 2 N–H and O–H groups in total. The van der Waals surface area contributed by atoms with Crippen molar-refractivity contribution in [2.24, 2.45) is 0 Å². The second-order valence-corrected chi connectivity index (χ2v) is 5.10. The lowest BCUT2D eigenvalue weighted by Crippen LogP contribution is -2.46. The number of benzene rings is 1. The van der Waals surface area contributed by atoms with Crippen molar-refractivity contribution in [2.75, 3.05) is 6.54 Å². The molecule has 2 rings (SSSR count). The number of nitrogens with one attached hydrogen (secondary N) is 1. The minimum atomic E-state index is -1.39. The molecule has 0 saturated carbocycles. The van der Waals surface area contributed by atoms with Gasteiger partial charge in [-0.2, -0.15) is 0 Å². The zero-order valence-electron chi connectivity index (χ0n) is 10.5. The molecule has 1 heterocycles. The Morgan fingerprint density at radius 2 is 2.06 bits per heavy atom. The van der Waals surface area contributed by atoms with Crippen molar-refractivity contribution in [3.05, 3.63) is 35.4 Å². The van der Waals surface area contributed by atoms with Crippen molar-refractivity contribution in [1.29, 1.82) is 0 Å². The average Bonchev–Trinajstić information content (AvgIpc) is 2.61. The number of aliphatic hydroxyl groups is 1. The van der Waals surface area contributed by atoms with Crippen molar-refractivity contribution in [3.63, 3.8) is 0 Å². The molecule has 0 amide bonds. The lowest BCUT2D eigenvalue weighted by atomic mass is 9.85. The van der Waals surface area contributed by atoms with Crippen LogP contribution in [0, 0.1) is 11.6 Å². The van der Waals surface area contributed by atoms with Crippen LogP contribution in [0.25, 0.3) is 0 Å². The van der Waals surface area contributed by atoms with E-state index in [1.54, 1.807) is 6.92 Å². The molecule has 0 bridgehead atoms. The van der Waals surface area contributed by atoms with E-state index >= 15 is 0 Å². The lowest BCUT2D eigenvalue weighted by molar-refractivity contribution is 0.00979. The highest BCUT2D eigenvalue weighted by Gasteiger charge is 2.36. The first-order valence-corrected chi connectivity index (χ1v) is 6.43. The largest absolute Gasteiger partial charge is 0.384 e. The summed E-state index contributed by atoms with van der Waals surface area (Å²) in [6, 6.07) is 3.70. The maximum atomic E-state index is 13.8.